The highest BCUT2D eigenvalue weighted by molar-refractivity contribution is 7.80. The molecule has 7 heteroatoms. The monoisotopic (exact) mass is 387 g/mol. The molecule has 2 aromatic carbocycles. The Labute approximate surface area is 163 Å². The summed E-state index contributed by atoms with van der Waals surface area (Å²) in [7, 11) is 0. The van der Waals surface area contributed by atoms with E-state index < -0.39 is 0 Å². The number of rotatable bonds is 4. The van der Waals surface area contributed by atoms with Crippen molar-refractivity contribution >= 4 is 17.3 Å². The standard InChI is InChI=1S/C20H22FN3O2S/c21-17-4-1-15(2-5-17)12-22-20(27)24-9-7-23(8-10-24)13-16-3-6-18-19(11-16)26-14-25-18/h1-6,11H,7-10,12-14H2,(H,22,27). The number of halogens is 1. The normalized spacial score (nSPS) is 16.4. The van der Waals surface area contributed by atoms with Crippen LogP contribution in [0.1, 0.15) is 11.1 Å². The molecule has 0 aromatic heterocycles. The number of fused-ring (bicyclic) bond motifs is 1. The summed E-state index contributed by atoms with van der Waals surface area (Å²) in [5.41, 5.74) is 2.24. The van der Waals surface area contributed by atoms with Crippen LogP contribution in [-0.4, -0.2) is 47.9 Å². The van der Waals surface area contributed by atoms with Crippen molar-refractivity contribution < 1.29 is 13.9 Å². The van der Waals surface area contributed by atoms with Gasteiger partial charge in [0.2, 0.25) is 6.79 Å². The molecule has 0 atom stereocenters. The third-order valence-electron chi connectivity index (χ3n) is 4.86. The molecule has 0 amide bonds. The molecule has 2 aliphatic heterocycles. The van der Waals surface area contributed by atoms with Gasteiger partial charge in [-0.3, -0.25) is 4.90 Å². The number of nitrogens with zero attached hydrogens (tertiary/aromatic N) is 2. The second kappa shape index (κ2) is 8.10. The minimum atomic E-state index is -0.222. The minimum Gasteiger partial charge on any atom is -0.454 e. The summed E-state index contributed by atoms with van der Waals surface area (Å²) in [6.07, 6.45) is 0. The maximum absolute atomic E-state index is 13.0. The second-order valence-electron chi connectivity index (χ2n) is 6.74. The first-order valence-corrected chi connectivity index (χ1v) is 9.46. The lowest BCUT2D eigenvalue weighted by atomic mass is 10.1. The molecule has 5 nitrogen and oxygen atoms in total. The van der Waals surface area contributed by atoms with Gasteiger partial charge in [-0.2, -0.15) is 0 Å². The van der Waals surface area contributed by atoms with Crippen molar-refractivity contribution in [1.82, 2.24) is 15.1 Å². The lowest BCUT2D eigenvalue weighted by Crippen LogP contribution is -2.51. The molecule has 2 aliphatic rings. The SMILES string of the molecule is Fc1ccc(CNC(=S)N2CCN(Cc3ccc4c(c3)OCO4)CC2)cc1. The zero-order valence-electron chi connectivity index (χ0n) is 15.0. The summed E-state index contributed by atoms with van der Waals surface area (Å²) in [5.74, 6) is 1.43. The first-order valence-electron chi connectivity index (χ1n) is 9.05. The summed E-state index contributed by atoms with van der Waals surface area (Å²) in [5, 5.41) is 4.02. The molecule has 1 fully saturated rings. The number of thiocarbonyl (C=S) groups is 1. The number of ether oxygens (including phenoxy) is 2. The van der Waals surface area contributed by atoms with E-state index in [4.69, 9.17) is 21.7 Å². The van der Waals surface area contributed by atoms with E-state index in [9.17, 15) is 4.39 Å². The van der Waals surface area contributed by atoms with Crippen molar-refractivity contribution in [2.75, 3.05) is 33.0 Å². The first kappa shape index (κ1) is 18.0. The van der Waals surface area contributed by atoms with Crippen molar-refractivity contribution in [2.45, 2.75) is 13.1 Å². The maximum atomic E-state index is 13.0. The van der Waals surface area contributed by atoms with Gasteiger partial charge < -0.3 is 19.7 Å². The fourth-order valence-electron chi connectivity index (χ4n) is 3.30. The van der Waals surface area contributed by atoms with E-state index in [0.717, 1.165) is 54.9 Å². The average molecular weight is 387 g/mol. The molecule has 0 unspecified atom stereocenters. The van der Waals surface area contributed by atoms with E-state index in [-0.39, 0.29) is 5.82 Å². The van der Waals surface area contributed by atoms with Crippen molar-refractivity contribution in [1.29, 1.82) is 0 Å². The first-order chi connectivity index (χ1) is 13.2. The predicted octanol–water partition coefficient (Wildman–Crippen LogP) is 2.75. The molecule has 2 aromatic rings. The summed E-state index contributed by atoms with van der Waals surface area (Å²) >= 11 is 5.51. The lowest BCUT2D eigenvalue weighted by molar-refractivity contribution is 0.172. The van der Waals surface area contributed by atoms with Crippen LogP contribution in [0.3, 0.4) is 0 Å². The molecule has 2 heterocycles. The molecule has 1 saturated heterocycles. The van der Waals surface area contributed by atoms with Crippen LogP contribution in [0.4, 0.5) is 4.39 Å². The summed E-state index contributed by atoms with van der Waals surface area (Å²) in [4.78, 5) is 4.60. The Morgan fingerprint density at radius 3 is 2.44 bits per heavy atom. The van der Waals surface area contributed by atoms with Crippen molar-refractivity contribution in [3.63, 3.8) is 0 Å². The van der Waals surface area contributed by atoms with Gasteiger partial charge in [-0.15, -0.1) is 0 Å². The third kappa shape index (κ3) is 4.48. The minimum absolute atomic E-state index is 0.222. The topological polar surface area (TPSA) is 37.0 Å². The molecule has 0 spiro atoms. The Kier molecular flexibility index (Phi) is 5.40. The van der Waals surface area contributed by atoms with Gasteiger partial charge >= 0.3 is 0 Å². The van der Waals surface area contributed by atoms with Crippen LogP contribution < -0.4 is 14.8 Å². The van der Waals surface area contributed by atoms with Gasteiger partial charge in [-0.05, 0) is 47.6 Å². The van der Waals surface area contributed by atoms with Gasteiger partial charge in [-0.25, -0.2) is 4.39 Å². The smallest absolute Gasteiger partial charge is 0.231 e. The summed E-state index contributed by atoms with van der Waals surface area (Å²) in [6, 6.07) is 12.6. The van der Waals surface area contributed by atoms with Crippen LogP contribution in [0, 0.1) is 5.82 Å². The highest BCUT2D eigenvalue weighted by atomic mass is 32.1. The molecule has 0 saturated carbocycles. The Morgan fingerprint density at radius 1 is 0.963 bits per heavy atom. The summed E-state index contributed by atoms with van der Waals surface area (Å²) in [6.45, 7) is 5.48. The maximum Gasteiger partial charge on any atom is 0.231 e. The highest BCUT2D eigenvalue weighted by Crippen LogP contribution is 2.32. The van der Waals surface area contributed by atoms with Crippen LogP contribution in [0.25, 0.3) is 0 Å². The van der Waals surface area contributed by atoms with Crippen molar-refractivity contribution in [2.24, 2.45) is 0 Å². The van der Waals surface area contributed by atoms with Gasteiger partial charge in [0.1, 0.15) is 5.82 Å². The Bertz CT molecular complexity index is 807. The molecule has 0 radical (unpaired) electrons. The zero-order chi connectivity index (χ0) is 18.6. The fourth-order valence-corrected chi connectivity index (χ4v) is 3.55. The van der Waals surface area contributed by atoms with Gasteiger partial charge in [0.15, 0.2) is 16.6 Å². The van der Waals surface area contributed by atoms with Gasteiger partial charge in [0, 0.05) is 39.3 Å². The van der Waals surface area contributed by atoms with E-state index >= 15 is 0 Å². The quantitative estimate of drug-likeness (QED) is 0.813. The molecular formula is C20H22FN3O2S. The molecule has 4 rings (SSSR count). The predicted molar refractivity (Wildman–Crippen MR) is 105 cm³/mol. The van der Waals surface area contributed by atoms with Gasteiger partial charge in [0.05, 0.1) is 0 Å². The molecule has 142 valence electrons. The number of hydrogen-bond donors (Lipinski definition) is 1. The Morgan fingerprint density at radius 2 is 1.67 bits per heavy atom. The van der Waals surface area contributed by atoms with Gasteiger partial charge in [-0.1, -0.05) is 18.2 Å². The molecule has 1 N–H and O–H groups in total. The summed E-state index contributed by atoms with van der Waals surface area (Å²) < 4.78 is 23.8. The van der Waals surface area contributed by atoms with Gasteiger partial charge in [0.25, 0.3) is 0 Å². The Balaban J connectivity index is 1.23. The van der Waals surface area contributed by atoms with E-state index in [1.807, 2.05) is 6.07 Å². The number of benzene rings is 2. The highest BCUT2D eigenvalue weighted by Gasteiger charge is 2.20. The van der Waals surface area contributed by atoms with Crippen LogP contribution in [0.2, 0.25) is 0 Å². The van der Waals surface area contributed by atoms with Crippen molar-refractivity contribution in [3.05, 3.63) is 59.4 Å². The second-order valence-corrected chi connectivity index (χ2v) is 7.12. The van der Waals surface area contributed by atoms with E-state index in [2.05, 4.69) is 27.2 Å². The van der Waals surface area contributed by atoms with Crippen molar-refractivity contribution in [3.8, 4) is 11.5 Å². The molecular weight excluding hydrogens is 365 g/mol. The van der Waals surface area contributed by atoms with E-state index in [0.29, 0.717) is 13.3 Å². The zero-order valence-corrected chi connectivity index (χ0v) is 15.8. The van der Waals surface area contributed by atoms with E-state index in [1.165, 1.54) is 17.7 Å². The molecule has 0 bridgehead atoms. The molecule has 0 aliphatic carbocycles. The lowest BCUT2D eigenvalue weighted by Gasteiger charge is -2.36. The van der Waals surface area contributed by atoms with Crippen LogP contribution in [0.15, 0.2) is 42.5 Å². The fraction of sp³-hybridized carbons (Fsp3) is 0.350. The van der Waals surface area contributed by atoms with Crippen LogP contribution >= 0.6 is 12.2 Å². The largest absolute Gasteiger partial charge is 0.454 e. The molecule has 27 heavy (non-hydrogen) atoms. The number of piperazine rings is 1. The number of hydrogen-bond acceptors (Lipinski definition) is 4. The Hall–Kier alpha value is -2.38. The van der Waals surface area contributed by atoms with E-state index in [1.54, 1.807) is 12.1 Å². The third-order valence-corrected chi connectivity index (χ3v) is 5.26. The number of nitrogens with one attached hydrogen (secondary N) is 1. The average Bonchev–Trinajstić information content (AvgIpc) is 3.16. The van der Waals surface area contributed by atoms with Crippen LogP contribution in [-0.2, 0) is 13.1 Å². The van der Waals surface area contributed by atoms with Crippen LogP contribution in [0.5, 0.6) is 11.5 Å².